The van der Waals surface area contributed by atoms with Crippen molar-refractivity contribution in [2.75, 3.05) is 18.1 Å². The molecule has 1 saturated heterocycles. The van der Waals surface area contributed by atoms with Crippen molar-refractivity contribution in [3.05, 3.63) is 58.5 Å². The third-order valence-corrected chi connectivity index (χ3v) is 7.12. The summed E-state index contributed by atoms with van der Waals surface area (Å²) in [6.07, 6.45) is -0.0629. The monoisotopic (exact) mass is 513 g/mol. The fourth-order valence-electron chi connectivity index (χ4n) is 4.66. The molecule has 188 valence electrons. The second kappa shape index (κ2) is 9.73. The summed E-state index contributed by atoms with van der Waals surface area (Å²) in [4.78, 5) is 32.8. The highest BCUT2D eigenvalue weighted by Gasteiger charge is 2.44. The van der Waals surface area contributed by atoms with E-state index < -0.39 is 42.0 Å². The van der Waals surface area contributed by atoms with Gasteiger partial charge in [0.2, 0.25) is 5.91 Å². The largest absolute Gasteiger partial charge is 0.416 e. The van der Waals surface area contributed by atoms with Gasteiger partial charge >= 0.3 is 6.18 Å². The van der Waals surface area contributed by atoms with Gasteiger partial charge in [0.05, 0.1) is 10.6 Å². The summed E-state index contributed by atoms with van der Waals surface area (Å²) in [7, 11) is 0. The molecule has 35 heavy (non-hydrogen) atoms. The Hall–Kier alpha value is -2.72. The van der Waals surface area contributed by atoms with Crippen molar-refractivity contribution < 1.29 is 32.3 Å². The van der Waals surface area contributed by atoms with E-state index in [1.807, 2.05) is 0 Å². The summed E-state index contributed by atoms with van der Waals surface area (Å²) in [6.45, 7) is -0.589. The molecule has 2 aliphatic rings. The van der Waals surface area contributed by atoms with E-state index in [1.165, 1.54) is 23.2 Å². The van der Waals surface area contributed by atoms with Crippen LogP contribution in [-0.4, -0.2) is 46.0 Å². The van der Waals surface area contributed by atoms with Crippen molar-refractivity contribution in [2.45, 2.75) is 50.9 Å². The number of benzene rings is 1. The number of alkyl halides is 3. The lowest BCUT2D eigenvalue weighted by atomic mass is 9.66. The number of halogens is 5. The zero-order valence-corrected chi connectivity index (χ0v) is 19.4. The molecule has 1 aromatic carbocycles. The molecule has 1 atom stereocenters. The van der Waals surface area contributed by atoms with Crippen LogP contribution in [-0.2, 0) is 22.3 Å². The van der Waals surface area contributed by atoms with Gasteiger partial charge in [-0.25, -0.2) is 9.37 Å². The Morgan fingerprint density at radius 3 is 2.40 bits per heavy atom. The summed E-state index contributed by atoms with van der Waals surface area (Å²) in [6, 6.07) is 4.40. The lowest BCUT2D eigenvalue weighted by Crippen LogP contribution is -2.60. The van der Waals surface area contributed by atoms with Crippen molar-refractivity contribution in [1.82, 2.24) is 9.88 Å². The van der Waals surface area contributed by atoms with E-state index in [-0.39, 0.29) is 35.8 Å². The molecule has 11 heteroatoms. The van der Waals surface area contributed by atoms with Crippen LogP contribution in [0, 0.1) is 11.2 Å². The van der Waals surface area contributed by atoms with Crippen LogP contribution in [0.4, 0.5) is 23.4 Å². The van der Waals surface area contributed by atoms with Gasteiger partial charge in [-0.3, -0.25) is 14.5 Å². The predicted octanol–water partition coefficient (Wildman–Crippen LogP) is 4.58. The average Bonchev–Trinajstić information content (AvgIpc) is 2.77. The second-order valence-corrected chi connectivity index (χ2v) is 9.60. The maximum Gasteiger partial charge on any atom is 0.416 e. The van der Waals surface area contributed by atoms with E-state index in [0.717, 1.165) is 42.4 Å². The minimum absolute atomic E-state index is 0.0392. The third-order valence-electron chi connectivity index (χ3n) is 6.92. The molecule has 2 fully saturated rings. The van der Waals surface area contributed by atoms with Gasteiger partial charge in [-0.15, -0.1) is 0 Å². The van der Waals surface area contributed by atoms with Crippen molar-refractivity contribution >= 4 is 29.2 Å². The fraction of sp³-hybridized carbons (Fsp3) is 0.458. The molecule has 2 amide bonds. The third kappa shape index (κ3) is 5.28. The average molecular weight is 514 g/mol. The van der Waals surface area contributed by atoms with Crippen LogP contribution >= 0.6 is 11.6 Å². The van der Waals surface area contributed by atoms with Crippen LogP contribution in [0.5, 0.6) is 0 Å². The summed E-state index contributed by atoms with van der Waals surface area (Å²) < 4.78 is 53.3. The van der Waals surface area contributed by atoms with Gasteiger partial charge in [0.15, 0.2) is 11.6 Å². The van der Waals surface area contributed by atoms with Gasteiger partial charge in [0, 0.05) is 19.3 Å². The molecule has 1 unspecified atom stereocenters. The molecule has 1 aliphatic heterocycles. The number of anilines is 1. The molecular formula is C24H24ClF4N3O3. The van der Waals surface area contributed by atoms with E-state index in [0.29, 0.717) is 12.0 Å². The molecule has 4 rings (SSSR count). The number of aliphatic hydroxyl groups is 1. The SMILES string of the molecule is O=C1C(CCC2(CO)CCC2)N(Cc2ccc(C(F)(F)F)cc2)C(=O)CN1c1ncc(Cl)cc1F. The lowest BCUT2D eigenvalue weighted by Gasteiger charge is -2.44. The Morgan fingerprint density at radius 1 is 1.17 bits per heavy atom. The van der Waals surface area contributed by atoms with Crippen molar-refractivity contribution in [3.8, 4) is 0 Å². The minimum Gasteiger partial charge on any atom is -0.396 e. The maximum absolute atomic E-state index is 14.5. The molecule has 2 aromatic rings. The number of nitrogens with zero attached hydrogens (tertiary/aromatic N) is 3. The summed E-state index contributed by atoms with van der Waals surface area (Å²) >= 11 is 5.77. The Labute approximate surface area is 204 Å². The molecule has 6 nitrogen and oxygen atoms in total. The fourth-order valence-corrected chi connectivity index (χ4v) is 4.80. The highest BCUT2D eigenvalue weighted by Crippen LogP contribution is 2.45. The highest BCUT2D eigenvalue weighted by molar-refractivity contribution is 6.30. The summed E-state index contributed by atoms with van der Waals surface area (Å²) in [5, 5.41) is 9.87. The molecule has 1 aromatic heterocycles. The van der Waals surface area contributed by atoms with Crippen LogP contribution in [0.25, 0.3) is 0 Å². The molecule has 0 spiro atoms. The Balaban J connectivity index is 1.61. The molecule has 0 radical (unpaired) electrons. The first-order valence-corrected chi connectivity index (χ1v) is 11.6. The maximum atomic E-state index is 14.5. The normalized spacial score (nSPS) is 20.2. The minimum atomic E-state index is -4.49. The van der Waals surface area contributed by atoms with E-state index in [4.69, 9.17) is 11.6 Å². The zero-order chi connectivity index (χ0) is 25.4. The Bertz CT molecular complexity index is 1100. The standard InChI is InChI=1S/C24H24ClF4N3O3/c25-17-10-18(26)21(30-11-17)32-13-20(34)31(12-15-2-4-16(5-3-15)24(27,28)29)19(22(32)35)6-9-23(14-33)7-1-8-23/h2-5,10-11,19,33H,1,6-9,12-14H2. The van der Waals surface area contributed by atoms with Gasteiger partial charge in [-0.05, 0) is 54.9 Å². The van der Waals surface area contributed by atoms with Crippen LogP contribution in [0.15, 0.2) is 36.5 Å². The van der Waals surface area contributed by atoms with Gasteiger partial charge < -0.3 is 10.0 Å². The Morgan fingerprint density at radius 2 is 1.86 bits per heavy atom. The van der Waals surface area contributed by atoms with Crippen LogP contribution in [0.1, 0.15) is 43.2 Å². The summed E-state index contributed by atoms with van der Waals surface area (Å²) in [5.74, 6) is -2.19. The van der Waals surface area contributed by atoms with E-state index in [2.05, 4.69) is 4.98 Å². The van der Waals surface area contributed by atoms with Crippen LogP contribution in [0.3, 0.4) is 0 Å². The van der Waals surface area contributed by atoms with Crippen molar-refractivity contribution in [3.63, 3.8) is 0 Å². The first-order valence-electron chi connectivity index (χ1n) is 11.2. The molecular weight excluding hydrogens is 490 g/mol. The van der Waals surface area contributed by atoms with Gasteiger partial charge in [0.25, 0.3) is 5.91 Å². The first-order chi connectivity index (χ1) is 16.5. The highest BCUT2D eigenvalue weighted by atomic mass is 35.5. The second-order valence-electron chi connectivity index (χ2n) is 9.17. The van der Waals surface area contributed by atoms with Crippen molar-refractivity contribution in [2.24, 2.45) is 5.41 Å². The lowest BCUT2D eigenvalue weighted by molar-refractivity contribution is -0.144. The van der Waals surface area contributed by atoms with E-state index in [9.17, 15) is 32.3 Å². The molecule has 2 heterocycles. The molecule has 0 bridgehead atoms. The Kier molecular flexibility index (Phi) is 7.06. The topological polar surface area (TPSA) is 73.7 Å². The molecule has 1 saturated carbocycles. The summed E-state index contributed by atoms with van der Waals surface area (Å²) in [5.41, 5.74) is -0.715. The number of rotatable bonds is 7. The van der Waals surface area contributed by atoms with Gasteiger partial charge in [-0.1, -0.05) is 30.2 Å². The van der Waals surface area contributed by atoms with Gasteiger partial charge in [-0.2, -0.15) is 13.2 Å². The number of aromatic nitrogens is 1. The predicted molar refractivity (Wildman–Crippen MR) is 120 cm³/mol. The number of carbonyl (C=O) groups is 2. The number of hydrogen-bond acceptors (Lipinski definition) is 4. The number of aliphatic hydroxyl groups excluding tert-OH is 1. The van der Waals surface area contributed by atoms with Crippen LogP contribution in [0.2, 0.25) is 5.02 Å². The number of piperazine rings is 1. The number of amides is 2. The number of hydrogen-bond donors (Lipinski definition) is 1. The molecule has 1 N–H and O–H groups in total. The number of carbonyl (C=O) groups excluding carboxylic acids is 2. The van der Waals surface area contributed by atoms with Crippen LogP contribution < -0.4 is 4.90 Å². The first kappa shape index (κ1) is 25.4. The van der Waals surface area contributed by atoms with E-state index >= 15 is 0 Å². The number of pyridine rings is 1. The molecule has 1 aliphatic carbocycles. The van der Waals surface area contributed by atoms with Gasteiger partial charge in [0.1, 0.15) is 12.6 Å². The smallest absolute Gasteiger partial charge is 0.396 e. The zero-order valence-electron chi connectivity index (χ0n) is 18.7. The van der Waals surface area contributed by atoms with Crippen molar-refractivity contribution in [1.29, 1.82) is 0 Å². The quantitative estimate of drug-likeness (QED) is 0.550. The van der Waals surface area contributed by atoms with E-state index in [1.54, 1.807) is 0 Å².